The van der Waals surface area contributed by atoms with E-state index >= 15 is 0 Å². The van der Waals surface area contributed by atoms with Gasteiger partial charge in [-0.3, -0.25) is 0 Å². The zero-order chi connectivity index (χ0) is 13.8. The maximum absolute atomic E-state index is 11.7. The molecule has 2 rings (SSSR count). The lowest BCUT2D eigenvalue weighted by Crippen LogP contribution is -2.13. The van der Waals surface area contributed by atoms with E-state index in [-0.39, 0.29) is 0 Å². The van der Waals surface area contributed by atoms with Gasteiger partial charge in [0.05, 0.1) is 12.8 Å². The minimum Gasteiger partial charge on any atom is -0.465 e. The van der Waals surface area contributed by atoms with E-state index in [1.165, 1.54) is 19.6 Å². The Kier molecular flexibility index (Phi) is 3.89. The Balaban J connectivity index is 2.58. The molecule has 6 heteroatoms. The summed E-state index contributed by atoms with van der Waals surface area (Å²) in [6.45, 7) is 4.07. The van der Waals surface area contributed by atoms with Crippen LogP contribution in [0.15, 0.2) is 18.6 Å². The van der Waals surface area contributed by atoms with Crippen molar-refractivity contribution in [2.24, 2.45) is 0 Å². The monoisotopic (exact) mass is 260 g/mol. The number of rotatable bonds is 4. The zero-order valence-electron chi connectivity index (χ0n) is 11.3. The molecule has 0 atom stereocenters. The van der Waals surface area contributed by atoms with Crippen LogP contribution in [-0.4, -0.2) is 32.8 Å². The summed E-state index contributed by atoms with van der Waals surface area (Å²) < 4.78 is 6.43. The van der Waals surface area contributed by atoms with E-state index in [0.717, 1.165) is 24.2 Å². The van der Waals surface area contributed by atoms with Gasteiger partial charge in [-0.2, -0.15) is 5.10 Å². The van der Waals surface area contributed by atoms with Gasteiger partial charge >= 0.3 is 5.97 Å². The Bertz CT molecular complexity index is 592. The first kappa shape index (κ1) is 13.2. The molecule has 0 saturated heterocycles. The molecule has 0 aliphatic heterocycles. The van der Waals surface area contributed by atoms with Gasteiger partial charge in [0.1, 0.15) is 11.9 Å². The third-order valence-corrected chi connectivity index (χ3v) is 2.86. The number of aromatic nitrogens is 4. The number of hydrogen-bond donors (Lipinski definition) is 0. The van der Waals surface area contributed by atoms with Crippen LogP contribution in [0.4, 0.5) is 0 Å². The van der Waals surface area contributed by atoms with Gasteiger partial charge in [0, 0.05) is 11.9 Å². The second-order valence-corrected chi connectivity index (χ2v) is 4.00. The minimum atomic E-state index is -0.466. The topological polar surface area (TPSA) is 69.9 Å². The molecule has 19 heavy (non-hydrogen) atoms. The van der Waals surface area contributed by atoms with Gasteiger partial charge in [-0.05, 0) is 18.9 Å². The Morgan fingerprint density at radius 1 is 1.37 bits per heavy atom. The number of esters is 1. The molecule has 100 valence electrons. The smallest absolute Gasteiger partial charge is 0.343 e. The average Bonchev–Trinajstić information content (AvgIpc) is 2.89. The minimum absolute atomic E-state index is 0.311. The van der Waals surface area contributed by atoms with Crippen LogP contribution in [0.25, 0.3) is 5.82 Å². The predicted octanol–water partition coefficient (Wildman–Crippen LogP) is 1.57. The van der Waals surface area contributed by atoms with Crippen molar-refractivity contribution in [3.05, 3.63) is 35.5 Å². The highest BCUT2D eigenvalue weighted by atomic mass is 16.5. The van der Waals surface area contributed by atoms with E-state index in [9.17, 15) is 4.79 Å². The molecular formula is C13H16N4O2. The van der Waals surface area contributed by atoms with E-state index in [1.807, 2.05) is 19.9 Å². The highest BCUT2D eigenvalue weighted by Crippen LogP contribution is 2.16. The summed E-state index contributed by atoms with van der Waals surface area (Å²) in [5.74, 6) is -0.00963. The average molecular weight is 260 g/mol. The van der Waals surface area contributed by atoms with Crippen LogP contribution >= 0.6 is 0 Å². The van der Waals surface area contributed by atoms with Gasteiger partial charge in [-0.1, -0.05) is 13.8 Å². The molecule has 0 spiro atoms. The molecule has 0 aliphatic carbocycles. The molecule has 0 bridgehead atoms. The maximum atomic E-state index is 11.7. The van der Waals surface area contributed by atoms with E-state index < -0.39 is 5.97 Å². The fraction of sp³-hybridized carbons (Fsp3) is 0.385. The molecule has 0 unspecified atom stereocenters. The van der Waals surface area contributed by atoms with Gasteiger partial charge in [0.25, 0.3) is 0 Å². The van der Waals surface area contributed by atoms with Crippen LogP contribution in [-0.2, 0) is 17.6 Å². The highest BCUT2D eigenvalue weighted by molar-refractivity contribution is 5.92. The molecule has 2 heterocycles. The molecule has 0 saturated carbocycles. The normalized spacial score (nSPS) is 10.5. The third-order valence-electron chi connectivity index (χ3n) is 2.86. The van der Waals surface area contributed by atoms with Crippen LogP contribution in [0.5, 0.6) is 0 Å². The molecule has 0 radical (unpaired) electrons. The van der Waals surface area contributed by atoms with Crippen molar-refractivity contribution >= 4 is 5.97 Å². The molecule has 0 N–H and O–H groups in total. The maximum Gasteiger partial charge on any atom is 0.343 e. The summed E-state index contributed by atoms with van der Waals surface area (Å²) in [4.78, 5) is 19.8. The van der Waals surface area contributed by atoms with Crippen molar-refractivity contribution in [3.63, 3.8) is 0 Å². The Morgan fingerprint density at radius 3 is 2.79 bits per heavy atom. The van der Waals surface area contributed by atoms with Crippen molar-refractivity contribution in [2.45, 2.75) is 26.7 Å². The Hall–Kier alpha value is -2.24. The number of nitrogens with zero attached hydrogens (tertiary/aromatic N) is 4. The lowest BCUT2D eigenvalue weighted by atomic mass is 10.2. The first-order valence-corrected chi connectivity index (χ1v) is 6.17. The lowest BCUT2D eigenvalue weighted by Gasteiger charge is -2.08. The van der Waals surface area contributed by atoms with Crippen LogP contribution < -0.4 is 0 Å². The van der Waals surface area contributed by atoms with Crippen LogP contribution in [0, 0.1) is 0 Å². The van der Waals surface area contributed by atoms with Gasteiger partial charge in [0.2, 0.25) is 0 Å². The van der Waals surface area contributed by atoms with Gasteiger partial charge < -0.3 is 4.74 Å². The first-order chi connectivity index (χ1) is 9.21. The number of ether oxygens (including phenoxy) is 1. The van der Waals surface area contributed by atoms with Crippen molar-refractivity contribution in [1.29, 1.82) is 0 Å². The van der Waals surface area contributed by atoms with Crippen LogP contribution in [0.3, 0.4) is 0 Å². The zero-order valence-corrected chi connectivity index (χ0v) is 11.3. The highest BCUT2D eigenvalue weighted by Gasteiger charge is 2.18. The number of aryl methyl sites for hydroxylation is 2. The summed E-state index contributed by atoms with van der Waals surface area (Å²) in [6.07, 6.45) is 4.48. The predicted molar refractivity (Wildman–Crippen MR) is 69.2 cm³/mol. The molecule has 0 fully saturated rings. The van der Waals surface area contributed by atoms with E-state index in [1.54, 1.807) is 4.68 Å². The van der Waals surface area contributed by atoms with Gasteiger partial charge in [0.15, 0.2) is 5.82 Å². The summed E-state index contributed by atoms with van der Waals surface area (Å²) >= 11 is 0. The lowest BCUT2D eigenvalue weighted by molar-refractivity contribution is 0.0599. The third kappa shape index (κ3) is 2.47. The van der Waals surface area contributed by atoms with Crippen molar-refractivity contribution in [1.82, 2.24) is 19.7 Å². The summed E-state index contributed by atoms with van der Waals surface area (Å²) in [6, 6.07) is 2.02. The number of carbonyl (C=O) groups excluding carboxylic acids is 1. The molecule has 2 aromatic heterocycles. The Morgan fingerprint density at radius 2 is 2.16 bits per heavy atom. The molecule has 0 aliphatic rings. The summed E-state index contributed by atoms with van der Waals surface area (Å²) in [5.41, 5.74) is 2.28. The molecule has 0 aromatic carbocycles. The SMILES string of the molecule is CCc1cc(CC)n(-c2ncncc2C(=O)OC)n1. The van der Waals surface area contributed by atoms with Gasteiger partial charge in [-0.15, -0.1) is 0 Å². The molecule has 2 aromatic rings. The standard InChI is InChI=1S/C13H16N4O2/c1-4-9-6-10(5-2)17(16-9)12-11(13(18)19-3)7-14-8-15-12/h6-8H,4-5H2,1-3H3. The van der Waals surface area contributed by atoms with Crippen molar-refractivity contribution < 1.29 is 9.53 Å². The number of hydrogen-bond acceptors (Lipinski definition) is 5. The fourth-order valence-corrected chi connectivity index (χ4v) is 1.83. The molecule has 0 amide bonds. The molecular weight excluding hydrogens is 244 g/mol. The number of carbonyl (C=O) groups is 1. The fourth-order valence-electron chi connectivity index (χ4n) is 1.83. The van der Waals surface area contributed by atoms with E-state index in [4.69, 9.17) is 4.74 Å². The molecule has 6 nitrogen and oxygen atoms in total. The quantitative estimate of drug-likeness (QED) is 0.780. The second-order valence-electron chi connectivity index (χ2n) is 4.00. The van der Waals surface area contributed by atoms with Crippen molar-refractivity contribution in [2.75, 3.05) is 7.11 Å². The summed E-state index contributed by atoms with van der Waals surface area (Å²) in [5, 5.41) is 4.47. The van der Waals surface area contributed by atoms with Crippen LogP contribution in [0.1, 0.15) is 35.6 Å². The van der Waals surface area contributed by atoms with Gasteiger partial charge in [-0.25, -0.2) is 19.4 Å². The Labute approximate surface area is 111 Å². The van der Waals surface area contributed by atoms with Crippen molar-refractivity contribution in [3.8, 4) is 5.82 Å². The van der Waals surface area contributed by atoms with E-state index in [0.29, 0.717) is 11.4 Å². The largest absolute Gasteiger partial charge is 0.465 e. The first-order valence-electron chi connectivity index (χ1n) is 6.17. The van der Waals surface area contributed by atoms with Crippen LogP contribution in [0.2, 0.25) is 0 Å². The van der Waals surface area contributed by atoms with E-state index in [2.05, 4.69) is 15.1 Å². The summed E-state index contributed by atoms with van der Waals surface area (Å²) in [7, 11) is 1.33. The number of methoxy groups -OCH3 is 1. The second kappa shape index (κ2) is 5.60.